The van der Waals surface area contributed by atoms with Crippen LogP contribution in [-0.2, 0) is 11.4 Å². The summed E-state index contributed by atoms with van der Waals surface area (Å²) in [5, 5.41) is 14.7. The van der Waals surface area contributed by atoms with E-state index in [2.05, 4.69) is 23.9 Å². The quantitative estimate of drug-likeness (QED) is 0.385. The summed E-state index contributed by atoms with van der Waals surface area (Å²) < 4.78 is 5.43. The van der Waals surface area contributed by atoms with Crippen molar-refractivity contribution < 1.29 is 14.5 Å². The average molecular weight is 357 g/mol. The SMILES string of the molecule is CCN(CC)c1ccc(/C=N\OCc2cccc([N+](=O)[O-])c2)c(OC)c1. The van der Waals surface area contributed by atoms with Crippen molar-refractivity contribution in [2.75, 3.05) is 25.1 Å². The number of methoxy groups -OCH3 is 1. The van der Waals surface area contributed by atoms with Gasteiger partial charge in [-0.15, -0.1) is 0 Å². The molecule has 0 amide bonds. The first-order valence-electron chi connectivity index (χ1n) is 8.40. The highest BCUT2D eigenvalue weighted by Gasteiger charge is 2.08. The van der Waals surface area contributed by atoms with Gasteiger partial charge in [0.25, 0.3) is 5.69 Å². The zero-order valence-electron chi connectivity index (χ0n) is 15.2. The van der Waals surface area contributed by atoms with Crippen LogP contribution >= 0.6 is 0 Å². The van der Waals surface area contributed by atoms with E-state index in [1.807, 2.05) is 18.2 Å². The molecule has 7 nitrogen and oxygen atoms in total. The fourth-order valence-electron chi connectivity index (χ4n) is 2.56. The number of hydrogen-bond acceptors (Lipinski definition) is 6. The van der Waals surface area contributed by atoms with Gasteiger partial charge in [0.05, 0.1) is 18.2 Å². The number of ether oxygens (including phenoxy) is 1. The van der Waals surface area contributed by atoms with Gasteiger partial charge in [-0.1, -0.05) is 17.3 Å². The highest BCUT2D eigenvalue weighted by atomic mass is 16.6. The Labute approximate surface area is 153 Å². The van der Waals surface area contributed by atoms with Gasteiger partial charge in [-0.05, 0) is 31.5 Å². The first-order valence-corrected chi connectivity index (χ1v) is 8.40. The van der Waals surface area contributed by atoms with Gasteiger partial charge < -0.3 is 14.5 Å². The van der Waals surface area contributed by atoms with Gasteiger partial charge in [0, 0.05) is 42.5 Å². The Bertz CT molecular complexity index is 773. The number of anilines is 1. The fourth-order valence-corrected chi connectivity index (χ4v) is 2.56. The third-order valence-electron chi connectivity index (χ3n) is 3.96. The van der Waals surface area contributed by atoms with Crippen LogP contribution in [0.25, 0.3) is 0 Å². The monoisotopic (exact) mass is 357 g/mol. The summed E-state index contributed by atoms with van der Waals surface area (Å²) in [6.45, 7) is 6.19. The molecule has 2 aromatic carbocycles. The minimum absolute atomic E-state index is 0.0312. The number of non-ortho nitro benzene ring substituents is 1. The van der Waals surface area contributed by atoms with Crippen molar-refractivity contribution in [2.24, 2.45) is 5.16 Å². The summed E-state index contributed by atoms with van der Waals surface area (Å²) in [7, 11) is 1.61. The van der Waals surface area contributed by atoms with E-state index in [0.717, 1.165) is 24.3 Å². The molecule has 0 aliphatic rings. The Morgan fingerprint density at radius 3 is 2.62 bits per heavy atom. The third-order valence-corrected chi connectivity index (χ3v) is 3.96. The molecule has 0 saturated carbocycles. The second kappa shape index (κ2) is 9.41. The summed E-state index contributed by atoms with van der Waals surface area (Å²) in [6.07, 6.45) is 1.57. The summed E-state index contributed by atoms with van der Waals surface area (Å²) >= 11 is 0. The van der Waals surface area contributed by atoms with Crippen molar-refractivity contribution in [3.8, 4) is 5.75 Å². The molecule has 0 saturated heterocycles. The number of nitro benzene ring substituents is 1. The van der Waals surface area contributed by atoms with Crippen LogP contribution in [0.15, 0.2) is 47.6 Å². The minimum atomic E-state index is -0.435. The average Bonchev–Trinajstić information content (AvgIpc) is 2.67. The first-order chi connectivity index (χ1) is 12.6. The predicted octanol–water partition coefficient (Wildman–Crippen LogP) is 4.00. The third kappa shape index (κ3) is 4.95. The number of benzene rings is 2. The lowest BCUT2D eigenvalue weighted by molar-refractivity contribution is -0.384. The molecule has 138 valence electrons. The summed E-state index contributed by atoms with van der Waals surface area (Å²) in [5.41, 5.74) is 2.59. The molecular weight excluding hydrogens is 334 g/mol. The van der Waals surface area contributed by atoms with Crippen LogP contribution in [0.1, 0.15) is 25.0 Å². The normalized spacial score (nSPS) is 10.7. The molecule has 7 heteroatoms. The Morgan fingerprint density at radius 1 is 1.19 bits per heavy atom. The molecule has 0 atom stereocenters. The smallest absolute Gasteiger partial charge is 0.269 e. The first kappa shape index (κ1) is 19.2. The maximum atomic E-state index is 10.8. The number of hydrogen-bond donors (Lipinski definition) is 0. The maximum absolute atomic E-state index is 10.8. The van der Waals surface area contributed by atoms with E-state index in [4.69, 9.17) is 9.57 Å². The van der Waals surface area contributed by atoms with E-state index < -0.39 is 4.92 Å². The topological polar surface area (TPSA) is 77.2 Å². The van der Waals surface area contributed by atoms with Crippen molar-refractivity contribution in [2.45, 2.75) is 20.5 Å². The molecule has 0 fully saturated rings. The molecule has 0 spiro atoms. The van der Waals surface area contributed by atoms with Crippen molar-refractivity contribution >= 4 is 17.6 Å². The van der Waals surface area contributed by atoms with Gasteiger partial charge in [0.2, 0.25) is 0 Å². The maximum Gasteiger partial charge on any atom is 0.269 e. The molecule has 2 aromatic rings. The zero-order chi connectivity index (χ0) is 18.9. The van der Waals surface area contributed by atoms with Gasteiger partial charge in [0.15, 0.2) is 0 Å². The van der Waals surface area contributed by atoms with Crippen molar-refractivity contribution in [1.82, 2.24) is 0 Å². The lowest BCUT2D eigenvalue weighted by Gasteiger charge is -2.21. The van der Waals surface area contributed by atoms with E-state index in [1.165, 1.54) is 12.1 Å². The van der Waals surface area contributed by atoms with E-state index in [1.54, 1.807) is 25.5 Å². The minimum Gasteiger partial charge on any atom is -0.496 e. The molecule has 0 aliphatic heterocycles. The largest absolute Gasteiger partial charge is 0.496 e. The van der Waals surface area contributed by atoms with Gasteiger partial charge in [-0.25, -0.2) is 0 Å². The molecule has 0 aromatic heterocycles. The number of oxime groups is 1. The highest BCUT2D eigenvalue weighted by molar-refractivity contribution is 5.84. The Kier molecular flexibility index (Phi) is 6.96. The van der Waals surface area contributed by atoms with Gasteiger partial charge in [0.1, 0.15) is 12.4 Å². The van der Waals surface area contributed by atoms with Crippen LogP contribution in [-0.4, -0.2) is 31.3 Å². The summed E-state index contributed by atoms with van der Waals surface area (Å²) in [6, 6.07) is 12.2. The lowest BCUT2D eigenvalue weighted by Crippen LogP contribution is -2.21. The molecule has 0 bridgehead atoms. The Balaban J connectivity index is 2.03. The van der Waals surface area contributed by atoms with Gasteiger partial charge in [-0.3, -0.25) is 10.1 Å². The number of nitro groups is 1. The van der Waals surface area contributed by atoms with E-state index in [9.17, 15) is 10.1 Å². The molecule has 26 heavy (non-hydrogen) atoms. The second-order valence-corrected chi connectivity index (χ2v) is 5.53. The number of rotatable bonds is 9. The fraction of sp³-hybridized carbons (Fsp3) is 0.316. The molecule has 0 N–H and O–H groups in total. The second-order valence-electron chi connectivity index (χ2n) is 5.53. The van der Waals surface area contributed by atoms with Crippen LogP contribution in [0.2, 0.25) is 0 Å². The van der Waals surface area contributed by atoms with E-state index >= 15 is 0 Å². The Morgan fingerprint density at radius 2 is 1.96 bits per heavy atom. The van der Waals surface area contributed by atoms with Gasteiger partial charge in [-0.2, -0.15) is 0 Å². The van der Waals surface area contributed by atoms with Crippen molar-refractivity contribution in [1.29, 1.82) is 0 Å². The van der Waals surface area contributed by atoms with Crippen LogP contribution in [0.3, 0.4) is 0 Å². The summed E-state index contributed by atoms with van der Waals surface area (Å²) in [4.78, 5) is 17.8. The van der Waals surface area contributed by atoms with Crippen molar-refractivity contribution in [3.05, 3.63) is 63.7 Å². The van der Waals surface area contributed by atoms with E-state index in [-0.39, 0.29) is 12.3 Å². The predicted molar refractivity (Wildman–Crippen MR) is 102 cm³/mol. The molecule has 2 rings (SSSR count). The molecule has 0 heterocycles. The van der Waals surface area contributed by atoms with Crippen LogP contribution < -0.4 is 9.64 Å². The lowest BCUT2D eigenvalue weighted by atomic mass is 10.2. The highest BCUT2D eigenvalue weighted by Crippen LogP contribution is 2.24. The van der Waals surface area contributed by atoms with E-state index in [0.29, 0.717) is 11.3 Å². The Hall–Kier alpha value is -3.09. The molecule has 0 aliphatic carbocycles. The van der Waals surface area contributed by atoms with Gasteiger partial charge >= 0.3 is 0 Å². The molecule has 0 unspecified atom stereocenters. The molecular formula is C19H23N3O4. The van der Waals surface area contributed by atoms with Crippen LogP contribution in [0.5, 0.6) is 5.75 Å². The van der Waals surface area contributed by atoms with Crippen LogP contribution in [0.4, 0.5) is 11.4 Å². The number of nitrogens with zero attached hydrogens (tertiary/aromatic N) is 3. The van der Waals surface area contributed by atoms with Crippen molar-refractivity contribution in [3.63, 3.8) is 0 Å². The molecule has 0 radical (unpaired) electrons. The zero-order valence-corrected chi connectivity index (χ0v) is 15.2. The summed E-state index contributed by atoms with van der Waals surface area (Å²) in [5.74, 6) is 0.706. The standard InChI is InChI=1S/C19H23N3O4/c1-4-21(5-2)17-10-9-16(19(12-17)25-3)13-20-26-14-15-7-6-8-18(11-15)22(23)24/h6-13H,4-5,14H2,1-3H3/b20-13-. The van der Waals surface area contributed by atoms with Crippen LogP contribution in [0, 0.1) is 10.1 Å².